The number of pyridine rings is 1. The number of rotatable bonds is 4. The first-order chi connectivity index (χ1) is 9.90. The molecule has 4 nitrogen and oxygen atoms in total. The summed E-state index contributed by atoms with van der Waals surface area (Å²) in [5.74, 6) is -2.09. The van der Waals surface area contributed by atoms with Gasteiger partial charge in [0.2, 0.25) is 0 Å². The first-order valence-corrected chi connectivity index (χ1v) is 7.04. The highest BCUT2D eigenvalue weighted by atomic mass is 79.9. The van der Waals surface area contributed by atoms with E-state index in [-0.39, 0.29) is 11.8 Å². The number of carboxylic acid groups (broad SMARTS) is 1. The van der Waals surface area contributed by atoms with Crippen LogP contribution < -0.4 is 4.74 Å². The van der Waals surface area contributed by atoms with Gasteiger partial charge in [0.25, 0.3) is 5.88 Å². The van der Waals surface area contributed by atoms with Gasteiger partial charge in [0.15, 0.2) is 5.82 Å². The minimum Gasteiger partial charge on any atom is -0.478 e. The van der Waals surface area contributed by atoms with Crippen LogP contribution in [0.4, 0.5) is 4.39 Å². The Kier molecular flexibility index (Phi) is 4.57. The first-order valence-electron chi connectivity index (χ1n) is 6.25. The Bertz CT molecular complexity index is 689. The highest BCUT2D eigenvalue weighted by Crippen LogP contribution is 2.33. The number of ether oxygens (including phenoxy) is 1. The molecule has 2 aromatic rings. The lowest BCUT2D eigenvalue weighted by Crippen LogP contribution is -2.04. The topological polar surface area (TPSA) is 59.4 Å². The average Bonchev–Trinajstić information content (AvgIpc) is 2.42. The molecule has 0 amide bonds. The van der Waals surface area contributed by atoms with Crippen molar-refractivity contribution >= 4 is 21.9 Å². The molecule has 0 radical (unpaired) electrons. The van der Waals surface area contributed by atoms with E-state index in [4.69, 9.17) is 9.84 Å². The van der Waals surface area contributed by atoms with Crippen LogP contribution in [0.2, 0.25) is 0 Å². The van der Waals surface area contributed by atoms with Crippen molar-refractivity contribution in [2.45, 2.75) is 19.8 Å². The molecule has 21 heavy (non-hydrogen) atoms. The van der Waals surface area contributed by atoms with Crippen LogP contribution in [0.5, 0.6) is 11.6 Å². The number of carboxylic acids is 1. The van der Waals surface area contributed by atoms with Gasteiger partial charge in [0.1, 0.15) is 11.3 Å². The second kappa shape index (κ2) is 6.22. The summed E-state index contributed by atoms with van der Waals surface area (Å²) in [5.41, 5.74) is 0.398. The smallest absolute Gasteiger partial charge is 0.338 e. The normalized spacial score (nSPS) is 10.7. The van der Waals surface area contributed by atoms with E-state index >= 15 is 0 Å². The van der Waals surface area contributed by atoms with E-state index < -0.39 is 17.3 Å². The molecule has 0 aliphatic rings. The van der Waals surface area contributed by atoms with E-state index in [1.165, 1.54) is 6.20 Å². The van der Waals surface area contributed by atoms with E-state index in [0.29, 0.717) is 5.75 Å². The van der Waals surface area contributed by atoms with Crippen molar-refractivity contribution in [3.05, 3.63) is 51.9 Å². The number of aromatic nitrogens is 1. The molecule has 0 fully saturated rings. The lowest BCUT2D eigenvalue weighted by Gasteiger charge is -2.14. The van der Waals surface area contributed by atoms with E-state index in [9.17, 15) is 9.18 Å². The molecule has 0 aliphatic heterocycles. The molecule has 0 bridgehead atoms. The lowest BCUT2D eigenvalue weighted by molar-refractivity contribution is 0.0690. The van der Waals surface area contributed by atoms with Gasteiger partial charge in [-0.3, -0.25) is 0 Å². The lowest BCUT2D eigenvalue weighted by atomic mass is 10.0. The van der Waals surface area contributed by atoms with Gasteiger partial charge in [-0.05, 0) is 35.7 Å². The molecule has 1 heterocycles. The number of aromatic carboxylic acids is 1. The maximum atomic E-state index is 14.0. The molecule has 1 N–H and O–H groups in total. The van der Waals surface area contributed by atoms with Gasteiger partial charge in [-0.1, -0.05) is 29.8 Å². The number of nitrogens with zero attached hydrogens (tertiary/aromatic N) is 1. The molecule has 110 valence electrons. The van der Waals surface area contributed by atoms with Crippen molar-refractivity contribution in [1.82, 2.24) is 4.98 Å². The van der Waals surface area contributed by atoms with Crippen molar-refractivity contribution in [2.24, 2.45) is 0 Å². The zero-order chi connectivity index (χ0) is 15.6. The Morgan fingerprint density at radius 3 is 2.71 bits per heavy atom. The molecule has 0 aliphatic carbocycles. The Morgan fingerprint density at radius 1 is 1.38 bits per heavy atom. The summed E-state index contributed by atoms with van der Waals surface area (Å²) < 4.78 is 20.4. The molecular formula is C15H13BrFNO3. The maximum Gasteiger partial charge on any atom is 0.338 e. The minimum absolute atomic E-state index is 0.156. The Morgan fingerprint density at radius 2 is 2.10 bits per heavy atom. The van der Waals surface area contributed by atoms with Crippen molar-refractivity contribution in [3.63, 3.8) is 0 Å². The zero-order valence-corrected chi connectivity index (χ0v) is 13.0. The molecular weight excluding hydrogens is 341 g/mol. The van der Waals surface area contributed by atoms with Crippen molar-refractivity contribution in [2.75, 3.05) is 0 Å². The summed E-state index contributed by atoms with van der Waals surface area (Å²) in [7, 11) is 0. The van der Waals surface area contributed by atoms with Crippen LogP contribution in [0, 0.1) is 5.82 Å². The summed E-state index contributed by atoms with van der Waals surface area (Å²) in [5, 5.41) is 8.91. The van der Waals surface area contributed by atoms with Gasteiger partial charge < -0.3 is 9.84 Å². The molecule has 1 aromatic carbocycles. The van der Waals surface area contributed by atoms with E-state index in [1.54, 1.807) is 12.1 Å². The van der Waals surface area contributed by atoms with Crippen molar-refractivity contribution in [1.29, 1.82) is 0 Å². The van der Waals surface area contributed by atoms with Gasteiger partial charge in [-0.15, -0.1) is 0 Å². The summed E-state index contributed by atoms with van der Waals surface area (Å²) >= 11 is 3.37. The van der Waals surface area contributed by atoms with Crippen LogP contribution in [0.3, 0.4) is 0 Å². The maximum absolute atomic E-state index is 14.0. The number of benzene rings is 1. The van der Waals surface area contributed by atoms with E-state index in [2.05, 4.69) is 20.9 Å². The molecule has 1 aromatic heterocycles. The third-order valence-electron chi connectivity index (χ3n) is 2.89. The predicted octanol–water partition coefficient (Wildman–Crippen LogP) is 4.60. The fourth-order valence-electron chi connectivity index (χ4n) is 1.83. The highest BCUT2D eigenvalue weighted by Gasteiger charge is 2.18. The minimum atomic E-state index is -1.36. The number of halogens is 2. The van der Waals surface area contributed by atoms with Gasteiger partial charge in [-0.25, -0.2) is 14.2 Å². The molecule has 6 heteroatoms. The van der Waals surface area contributed by atoms with Crippen LogP contribution in [-0.4, -0.2) is 16.1 Å². The SMILES string of the molecule is CC(C)c1cc(Br)ccc1Oc1nccc(C(=O)O)c1F. The van der Waals surface area contributed by atoms with Crippen molar-refractivity contribution < 1.29 is 19.0 Å². The van der Waals surface area contributed by atoms with E-state index in [1.807, 2.05) is 19.9 Å². The predicted molar refractivity (Wildman–Crippen MR) is 79.5 cm³/mol. The van der Waals surface area contributed by atoms with Crippen LogP contribution in [0.1, 0.15) is 35.7 Å². The summed E-state index contributed by atoms with van der Waals surface area (Å²) in [6, 6.07) is 6.42. The molecule has 0 unspecified atom stereocenters. The van der Waals surface area contributed by atoms with Crippen LogP contribution in [0.15, 0.2) is 34.9 Å². The van der Waals surface area contributed by atoms with E-state index in [0.717, 1.165) is 16.1 Å². The summed E-state index contributed by atoms with van der Waals surface area (Å²) in [6.07, 6.45) is 1.20. The Balaban J connectivity index is 2.44. The molecule has 0 saturated carbocycles. The van der Waals surface area contributed by atoms with Crippen molar-refractivity contribution in [3.8, 4) is 11.6 Å². The highest BCUT2D eigenvalue weighted by molar-refractivity contribution is 9.10. The molecule has 0 atom stereocenters. The van der Waals surface area contributed by atoms with Crippen LogP contribution in [-0.2, 0) is 0 Å². The first kappa shape index (κ1) is 15.4. The van der Waals surface area contributed by atoms with Crippen LogP contribution in [0.25, 0.3) is 0 Å². The quantitative estimate of drug-likeness (QED) is 0.872. The van der Waals surface area contributed by atoms with Gasteiger partial charge in [0, 0.05) is 10.7 Å². The molecule has 2 rings (SSSR count). The second-order valence-electron chi connectivity index (χ2n) is 4.72. The standard InChI is InChI=1S/C15H13BrFNO3/c1-8(2)11-7-9(16)3-4-12(11)21-14-13(17)10(15(19)20)5-6-18-14/h3-8H,1-2H3,(H,19,20). The Labute approximate surface area is 129 Å². The number of hydrogen-bond donors (Lipinski definition) is 1. The van der Waals surface area contributed by atoms with Gasteiger partial charge in [-0.2, -0.15) is 0 Å². The molecule has 0 spiro atoms. The fraction of sp³-hybridized carbons (Fsp3) is 0.200. The summed E-state index contributed by atoms with van der Waals surface area (Å²) in [4.78, 5) is 14.7. The summed E-state index contributed by atoms with van der Waals surface area (Å²) in [6.45, 7) is 3.96. The third-order valence-corrected chi connectivity index (χ3v) is 3.38. The fourth-order valence-corrected chi connectivity index (χ4v) is 2.21. The number of carbonyl (C=O) groups is 1. The zero-order valence-electron chi connectivity index (χ0n) is 11.4. The molecule has 0 saturated heterocycles. The second-order valence-corrected chi connectivity index (χ2v) is 5.64. The largest absolute Gasteiger partial charge is 0.478 e. The third kappa shape index (κ3) is 3.39. The van der Waals surface area contributed by atoms with Gasteiger partial charge >= 0.3 is 5.97 Å². The van der Waals surface area contributed by atoms with Crippen LogP contribution >= 0.6 is 15.9 Å². The monoisotopic (exact) mass is 353 g/mol. The number of hydrogen-bond acceptors (Lipinski definition) is 3. The van der Waals surface area contributed by atoms with Gasteiger partial charge in [0.05, 0.1) is 0 Å². The average molecular weight is 354 g/mol. The Hall–Kier alpha value is -1.95.